The van der Waals surface area contributed by atoms with E-state index in [1.165, 1.54) is 42.5 Å². The summed E-state index contributed by atoms with van der Waals surface area (Å²) in [4.78, 5) is 12.3. The average Bonchev–Trinajstić information content (AvgIpc) is 2.46. The standard InChI is InChI=1S/C15H15NO5S2/c1-22(18,19)13-8-6-11(7-9-13)15(17)16-12-4-3-5-14(10-12)23(2,20)21/h3-10H,1-2H3,(H,16,17). The summed E-state index contributed by atoms with van der Waals surface area (Å²) in [6, 6.07) is 11.4. The summed E-state index contributed by atoms with van der Waals surface area (Å²) in [5.74, 6) is -0.462. The van der Waals surface area contributed by atoms with Crippen LogP contribution in [0.1, 0.15) is 10.4 Å². The second-order valence-corrected chi connectivity index (χ2v) is 9.08. The molecule has 0 spiro atoms. The smallest absolute Gasteiger partial charge is 0.255 e. The molecular formula is C15H15NO5S2. The number of benzene rings is 2. The molecule has 1 amide bonds. The number of rotatable bonds is 4. The average molecular weight is 353 g/mol. The first kappa shape index (κ1) is 17.2. The molecule has 23 heavy (non-hydrogen) atoms. The van der Waals surface area contributed by atoms with Crippen molar-refractivity contribution in [1.29, 1.82) is 0 Å². The molecule has 0 aliphatic rings. The van der Waals surface area contributed by atoms with Crippen LogP contribution in [-0.2, 0) is 19.7 Å². The lowest BCUT2D eigenvalue weighted by Gasteiger charge is -2.07. The molecule has 0 unspecified atom stereocenters. The summed E-state index contributed by atoms with van der Waals surface area (Å²) >= 11 is 0. The third kappa shape index (κ3) is 4.40. The monoisotopic (exact) mass is 353 g/mol. The lowest BCUT2D eigenvalue weighted by molar-refractivity contribution is 0.102. The zero-order valence-electron chi connectivity index (χ0n) is 12.5. The van der Waals surface area contributed by atoms with Crippen LogP contribution in [-0.4, -0.2) is 35.3 Å². The van der Waals surface area contributed by atoms with Crippen molar-refractivity contribution in [2.45, 2.75) is 9.79 Å². The Balaban J connectivity index is 2.23. The molecule has 0 radical (unpaired) electrons. The normalized spacial score (nSPS) is 11.9. The van der Waals surface area contributed by atoms with Crippen molar-refractivity contribution in [2.24, 2.45) is 0 Å². The first-order valence-corrected chi connectivity index (χ1v) is 10.3. The third-order valence-electron chi connectivity index (χ3n) is 3.06. The second-order valence-electron chi connectivity index (χ2n) is 5.05. The summed E-state index contributed by atoms with van der Waals surface area (Å²) in [6.07, 6.45) is 2.16. The van der Waals surface area contributed by atoms with Crippen LogP contribution in [0.3, 0.4) is 0 Å². The van der Waals surface area contributed by atoms with Gasteiger partial charge in [-0.1, -0.05) is 6.07 Å². The number of nitrogens with one attached hydrogen (secondary N) is 1. The van der Waals surface area contributed by atoms with Crippen molar-refractivity contribution in [2.75, 3.05) is 17.8 Å². The van der Waals surface area contributed by atoms with Gasteiger partial charge in [0.15, 0.2) is 19.7 Å². The van der Waals surface area contributed by atoms with Crippen molar-refractivity contribution in [3.05, 3.63) is 54.1 Å². The number of sulfone groups is 2. The van der Waals surface area contributed by atoms with Crippen LogP contribution >= 0.6 is 0 Å². The first-order valence-electron chi connectivity index (χ1n) is 6.49. The minimum Gasteiger partial charge on any atom is -0.322 e. The molecular weight excluding hydrogens is 338 g/mol. The topological polar surface area (TPSA) is 97.4 Å². The van der Waals surface area contributed by atoms with Gasteiger partial charge in [-0.15, -0.1) is 0 Å². The van der Waals surface area contributed by atoms with E-state index in [9.17, 15) is 21.6 Å². The van der Waals surface area contributed by atoms with Crippen molar-refractivity contribution in [3.8, 4) is 0 Å². The van der Waals surface area contributed by atoms with Gasteiger partial charge in [0.05, 0.1) is 9.79 Å². The highest BCUT2D eigenvalue weighted by atomic mass is 32.2. The van der Waals surface area contributed by atoms with E-state index in [4.69, 9.17) is 0 Å². The van der Waals surface area contributed by atoms with Gasteiger partial charge in [-0.3, -0.25) is 4.79 Å². The van der Waals surface area contributed by atoms with Crippen LogP contribution in [0, 0.1) is 0 Å². The van der Waals surface area contributed by atoms with Crippen molar-refractivity contribution in [3.63, 3.8) is 0 Å². The predicted octanol–water partition coefficient (Wildman–Crippen LogP) is 1.75. The van der Waals surface area contributed by atoms with Crippen LogP contribution in [0.15, 0.2) is 58.3 Å². The summed E-state index contributed by atoms with van der Waals surface area (Å²) in [6.45, 7) is 0. The largest absolute Gasteiger partial charge is 0.322 e. The highest BCUT2D eigenvalue weighted by molar-refractivity contribution is 7.91. The molecule has 1 N–H and O–H groups in total. The van der Waals surface area contributed by atoms with Crippen molar-refractivity contribution in [1.82, 2.24) is 0 Å². The Kier molecular flexibility index (Phi) is 4.58. The molecule has 0 atom stereocenters. The van der Waals surface area contributed by atoms with Crippen molar-refractivity contribution < 1.29 is 21.6 Å². The van der Waals surface area contributed by atoms with E-state index in [0.717, 1.165) is 12.5 Å². The van der Waals surface area contributed by atoms with Crippen LogP contribution in [0.25, 0.3) is 0 Å². The van der Waals surface area contributed by atoms with E-state index >= 15 is 0 Å². The summed E-state index contributed by atoms with van der Waals surface area (Å²) in [5.41, 5.74) is 0.604. The van der Waals surface area contributed by atoms with E-state index < -0.39 is 25.6 Å². The van der Waals surface area contributed by atoms with Crippen LogP contribution in [0.5, 0.6) is 0 Å². The van der Waals surface area contributed by atoms with Gasteiger partial charge in [0.1, 0.15) is 0 Å². The molecule has 2 rings (SSSR count). The minimum atomic E-state index is -3.37. The fourth-order valence-electron chi connectivity index (χ4n) is 1.86. The highest BCUT2D eigenvalue weighted by Crippen LogP contribution is 2.17. The van der Waals surface area contributed by atoms with E-state index in [1.54, 1.807) is 6.07 Å². The second kappa shape index (κ2) is 6.13. The Bertz CT molecular complexity index is 946. The molecule has 0 bridgehead atoms. The van der Waals surface area contributed by atoms with Crippen LogP contribution in [0.4, 0.5) is 5.69 Å². The summed E-state index contributed by atoms with van der Waals surface area (Å²) < 4.78 is 45.8. The van der Waals surface area contributed by atoms with Gasteiger partial charge in [-0.2, -0.15) is 0 Å². The number of hydrogen-bond acceptors (Lipinski definition) is 5. The zero-order chi connectivity index (χ0) is 17.3. The van der Waals surface area contributed by atoms with Gasteiger partial charge in [-0.25, -0.2) is 16.8 Å². The fourth-order valence-corrected chi connectivity index (χ4v) is 3.16. The Labute approximate surface area is 135 Å². The SMILES string of the molecule is CS(=O)(=O)c1ccc(C(=O)Nc2cccc(S(C)(=O)=O)c2)cc1. The molecule has 6 nitrogen and oxygen atoms in total. The van der Waals surface area contributed by atoms with E-state index in [1.807, 2.05) is 0 Å². The van der Waals surface area contributed by atoms with E-state index in [0.29, 0.717) is 5.69 Å². The fraction of sp³-hybridized carbons (Fsp3) is 0.133. The molecule has 0 saturated carbocycles. The van der Waals surface area contributed by atoms with E-state index in [2.05, 4.69) is 5.32 Å². The molecule has 2 aromatic carbocycles. The third-order valence-corrected chi connectivity index (χ3v) is 5.30. The lowest BCUT2D eigenvalue weighted by Crippen LogP contribution is -2.12. The number of carbonyl (C=O) groups excluding carboxylic acids is 1. The minimum absolute atomic E-state index is 0.0997. The molecule has 0 aliphatic heterocycles. The maximum absolute atomic E-state index is 12.1. The Morgan fingerprint density at radius 3 is 1.91 bits per heavy atom. The molecule has 0 saturated heterocycles. The maximum atomic E-state index is 12.1. The first-order chi connectivity index (χ1) is 10.6. The lowest BCUT2D eigenvalue weighted by atomic mass is 10.2. The molecule has 8 heteroatoms. The predicted molar refractivity (Wildman–Crippen MR) is 87.1 cm³/mol. The number of anilines is 1. The van der Waals surface area contributed by atoms with Gasteiger partial charge >= 0.3 is 0 Å². The molecule has 2 aromatic rings. The van der Waals surface area contributed by atoms with E-state index in [-0.39, 0.29) is 15.4 Å². The Morgan fingerprint density at radius 2 is 1.39 bits per heavy atom. The van der Waals surface area contributed by atoms with Crippen molar-refractivity contribution >= 4 is 31.3 Å². The molecule has 0 heterocycles. The Morgan fingerprint density at radius 1 is 0.826 bits per heavy atom. The van der Waals surface area contributed by atoms with Gasteiger partial charge in [0.2, 0.25) is 0 Å². The number of carbonyl (C=O) groups is 1. The number of amides is 1. The summed E-state index contributed by atoms with van der Waals surface area (Å²) in [7, 11) is -6.69. The zero-order valence-corrected chi connectivity index (χ0v) is 14.1. The summed E-state index contributed by atoms with van der Waals surface area (Å²) in [5, 5.41) is 2.58. The van der Waals surface area contributed by atoms with Gasteiger partial charge in [-0.05, 0) is 42.5 Å². The van der Waals surface area contributed by atoms with Gasteiger partial charge < -0.3 is 5.32 Å². The molecule has 122 valence electrons. The molecule has 0 aromatic heterocycles. The maximum Gasteiger partial charge on any atom is 0.255 e. The van der Waals surface area contributed by atoms with Gasteiger partial charge in [0.25, 0.3) is 5.91 Å². The molecule has 0 fully saturated rings. The quantitative estimate of drug-likeness (QED) is 0.903. The van der Waals surface area contributed by atoms with Crippen LogP contribution < -0.4 is 5.32 Å². The van der Waals surface area contributed by atoms with Crippen LogP contribution in [0.2, 0.25) is 0 Å². The highest BCUT2D eigenvalue weighted by Gasteiger charge is 2.12. The Hall–Kier alpha value is -2.19. The molecule has 0 aliphatic carbocycles. The van der Waals surface area contributed by atoms with Gasteiger partial charge in [0, 0.05) is 23.8 Å². The number of hydrogen-bond donors (Lipinski definition) is 1.